The van der Waals surface area contributed by atoms with Crippen LogP contribution in [0.1, 0.15) is 11.1 Å². The fraction of sp³-hybridized carbons (Fsp3) is 0. The Balaban J connectivity index is 2.57. The van der Waals surface area contributed by atoms with Gasteiger partial charge in [0.1, 0.15) is 0 Å². The number of non-ortho nitro benzene ring substituents is 1. The van der Waals surface area contributed by atoms with Crippen molar-refractivity contribution in [1.29, 1.82) is 0 Å². The highest BCUT2D eigenvalue weighted by Gasteiger charge is 2.13. The smallest absolute Gasteiger partial charge is 0.258 e. The van der Waals surface area contributed by atoms with Gasteiger partial charge in [0.15, 0.2) is 0 Å². The molecule has 0 saturated carbocycles. The fourth-order valence-electron chi connectivity index (χ4n) is 1.36. The Morgan fingerprint density at radius 2 is 2.08 bits per heavy atom. The minimum Gasteiger partial charge on any atom is -0.258 e. The molecule has 0 aliphatic heterocycles. The molecule has 0 saturated heterocycles. The number of nitrogens with zero attached hydrogens (tertiary/aromatic N) is 1. The normalized spacial score (nSPS) is 13.1. The molecule has 3 heteroatoms. The molecule has 1 aromatic carbocycles. The van der Waals surface area contributed by atoms with E-state index in [4.69, 9.17) is 0 Å². The molecule has 1 aliphatic carbocycles. The third-order valence-electron chi connectivity index (χ3n) is 2.06. The van der Waals surface area contributed by atoms with E-state index in [1.54, 1.807) is 12.1 Å². The highest BCUT2D eigenvalue weighted by molar-refractivity contribution is 5.89. The molecule has 0 aromatic heterocycles. The molecule has 0 fully saturated rings. The summed E-state index contributed by atoms with van der Waals surface area (Å²) in [5.41, 5.74) is 2.80. The number of hydrogen-bond acceptors (Lipinski definition) is 2. The second-order valence-electron chi connectivity index (χ2n) is 2.89. The molecule has 0 bridgehead atoms. The topological polar surface area (TPSA) is 43.1 Å². The second kappa shape index (κ2) is 2.55. The Hall–Kier alpha value is -1.90. The predicted molar refractivity (Wildman–Crippen MR) is 51.2 cm³/mol. The molecule has 0 unspecified atom stereocenters. The summed E-state index contributed by atoms with van der Waals surface area (Å²) in [6.45, 7) is 3.79. The Morgan fingerprint density at radius 1 is 1.31 bits per heavy atom. The molecular formula is C10H7NO2. The fourth-order valence-corrected chi connectivity index (χ4v) is 1.36. The van der Waals surface area contributed by atoms with Crippen molar-refractivity contribution in [3.63, 3.8) is 0 Å². The van der Waals surface area contributed by atoms with Crippen LogP contribution in [-0.2, 0) is 0 Å². The Kier molecular flexibility index (Phi) is 1.52. The van der Waals surface area contributed by atoms with Crippen LogP contribution in [0.5, 0.6) is 0 Å². The standard InChI is InChI=1S/C10H7NO2/c1-7-2-3-8-4-5-9(11(12)13)6-10(7)8/h2-6H,1H2. The van der Waals surface area contributed by atoms with Crippen LogP contribution in [-0.4, -0.2) is 4.92 Å². The summed E-state index contributed by atoms with van der Waals surface area (Å²) >= 11 is 0. The Labute approximate surface area is 75.2 Å². The van der Waals surface area contributed by atoms with E-state index in [9.17, 15) is 10.1 Å². The van der Waals surface area contributed by atoms with Gasteiger partial charge in [-0.2, -0.15) is 0 Å². The van der Waals surface area contributed by atoms with E-state index in [-0.39, 0.29) is 5.69 Å². The SMILES string of the molecule is C=C1C=Cc2ccc([N+](=O)[O-])cc21. The number of fused-ring (bicyclic) bond motifs is 1. The highest BCUT2D eigenvalue weighted by atomic mass is 16.6. The lowest BCUT2D eigenvalue weighted by molar-refractivity contribution is -0.384. The zero-order valence-electron chi connectivity index (χ0n) is 6.86. The summed E-state index contributed by atoms with van der Waals surface area (Å²) in [4.78, 5) is 10.1. The quantitative estimate of drug-likeness (QED) is 0.484. The average molecular weight is 173 g/mol. The van der Waals surface area contributed by atoms with Crippen molar-refractivity contribution in [3.05, 3.63) is 52.1 Å². The van der Waals surface area contributed by atoms with Gasteiger partial charge >= 0.3 is 0 Å². The molecule has 1 aromatic rings. The van der Waals surface area contributed by atoms with Gasteiger partial charge < -0.3 is 0 Å². The molecule has 0 heterocycles. The van der Waals surface area contributed by atoms with Crippen LogP contribution in [0.25, 0.3) is 11.6 Å². The van der Waals surface area contributed by atoms with Crippen molar-refractivity contribution in [3.8, 4) is 0 Å². The van der Waals surface area contributed by atoms with E-state index >= 15 is 0 Å². The minimum atomic E-state index is -0.397. The van der Waals surface area contributed by atoms with Gasteiger partial charge in [0, 0.05) is 12.1 Å². The predicted octanol–water partition coefficient (Wildman–Crippen LogP) is 2.63. The summed E-state index contributed by atoms with van der Waals surface area (Å²) in [6.07, 6.45) is 3.76. The zero-order valence-corrected chi connectivity index (χ0v) is 6.86. The lowest BCUT2D eigenvalue weighted by Crippen LogP contribution is -1.89. The summed E-state index contributed by atoms with van der Waals surface area (Å²) in [7, 11) is 0. The summed E-state index contributed by atoms with van der Waals surface area (Å²) in [5.74, 6) is 0. The third kappa shape index (κ3) is 1.14. The first-order valence-electron chi connectivity index (χ1n) is 3.84. The summed E-state index contributed by atoms with van der Waals surface area (Å²) < 4.78 is 0. The van der Waals surface area contributed by atoms with Crippen molar-refractivity contribution in [1.82, 2.24) is 0 Å². The van der Waals surface area contributed by atoms with Gasteiger partial charge in [-0.15, -0.1) is 0 Å². The minimum absolute atomic E-state index is 0.114. The van der Waals surface area contributed by atoms with Crippen LogP contribution >= 0.6 is 0 Å². The third-order valence-corrected chi connectivity index (χ3v) is 2.06. The number of benzene rings is 1. The van der Waals surface area contributed by atoms with Gasteiger partial charge in [0.05, 0.1) is 4.92 Å². The summed E-state index contributed by atoms with van der Waals surface area (Å²) in [6, 6.07) is 4.79. The van der Waals surface area contributed by atoms with Gasteiger partial charge in [-0.25, -0.2) is 0 Å². The van der Waals surface area contributed by atoms with Crippen molar-refractivity contribution in [2.75, 3.05) is 0 Å². The Bertz CT molecular complexity index is 433. The van der Waals surface area contributed by atoms with Crippen LogP contribution in [0.3, 0.4) is 0 Å². The maximum absolute atomic E-state index is 10.5. The first-order chi connectivity index (χ1) is 6.18. The molecule has 13 heavy (non-hydrogen) atoms. The molecule has 64 valence electrons. The average Bonchev–Trinajstić information content (AvgIpc) is 2.47. The largest absolute Gasteiger partial charge is 0.270 e. The van der Waals surface area contributed by atoms with Gasteiger partial charge in [-0.1, -0.05) is 18.7 Å². The van der Waals surface area contributed by atoms with Crippen molar-refractivity contribution >= 4 is 17.3 Å². The molecule has 0 spiro atoms. The van der Waals surface area contributed by atoms with Crippen LogP contribution in [0.15, 0.2) is 30.9 Å². The number of rotatable bonds is 1. The number of hydrogen-bond donors (Lipinski definition) is 0. The lowest BCUT2D eigenvalue weighted by Gasteiger charge is -1.98. The van der Waals surface area contributed by atoms with Crippen molar-refractivity contribution in [2.24, 2.45) is 0 Å². The summed E-state index contributed by atoms with van der Waals surface area (Å²) in [5, 5.41) is 10.5. The first kappa shape index (κ1) is 7.73. The molecule has 0 radical (unpaired) electrons. The van der Waals surface area contributed by atoms with Gasteiger partial charge in [0.25, 0.3) is 5.69 Å². The molecule has 0 atom stereocenters. The molecule has 3 nitrogen and oxygen atoms in total. The van der Waals surface area contributed by atoms with Gasteiger partial charge in [-0.05, 0) is 22.8 Å². The van der Waals surface area contributed by atoms with Crippen LogP contribution in [0.4, 0.5) is 5.69 Å². The van der Waals surface area contributed by atoms with E-state index < -0.39 is 4.92 Å². The molecule has 0 amide bonds. The monoisotopic (exact) mass is 173 g/mol. The second-order valence-corrected chi connectivity index (χ2v) is 2.89. The number of nitro groups is 1. The van der Waals surface area contributed by atoms with Gasteiger partial charge in [0.2, 0.25) is 0 Å². The molecule has 1 aliphatic rings. The van der Waals surface area contributed by atoms with E-state index in [0.717, 1.165) is 16.7 Å². The molecular weight excluding hydrogens is 166 g/mol. The van der Waals surface area contributed by atoms with E-state index in [1.807, 2.05) is 12.2 Å². The van der Waals surface area contributed by atoms with E-state index in [2.05, 4.69) is 6.58 Å². The maximum atomic E-state index is 10.5. The van der Waals surface area contributed by atoms with Crippen molar-refractivity contribution in [2.45, 2.75) is 0 Å². The van der Waals surface area contributed by atoms with Crippen LogP contribution in [0.2, 0.25) is 0 Å². The number of allylic oxidation sites excluding steroid dienone is 2. The lowest BCUT2D eigenvalue weighted by atomic mass is 10.1. The zero-order chi connectivity index (χ0) is 9.42. The Morgan fingerprint density at radius 3 is 2.77 bits per heavy atom. The van der Waals surface area contributed by atoms with Crippen LogP contribution < -0.4 is 0 Å². The van der Waals surface area contributed by atoms with Gasteiger partial charge in [-0.3, -0.25) is 10.1 Å². The van der Waals surface area contributed by atoms with E-state index in [1.165, 1.54) is 6.07 Å². The highest BCUT2D eigenvalue weighted by Crippen LogP contribution is 2.30. The van der Waals surface area contributed by atoms with E-state index in [0.29, 0.717) is 0 Å². The first-order valence-corrected chi connectivity index (χ1v) is 3.84. The molecule has 0 N–H and O–H groups in total. The van der Waals surface area contributed by atoms with Crippen molar-refractivity contribution < 1.29 is 4.92 Å². The maximum Gasteiger partial charge on any atom is 0.270 e. The molecule has 2 rings (SSSR count). The van der Waals surface area contributed by atoms with Crippen LogP contribution in [0, 0.1) is 10.1 Å². The number of nitro benzene ring substituents is 1.